The Hall–Kier alpha value is -2.81. The van der Waals surface area contributed by atoms with Crippen molar-refractivity contribution in [2.75, 3.05) is 13.7 Å². The summed E-state index contributed by atoms with van der Waals surface area (Å²) in [5, 5.41) is 3.97. The molecule has 0 fully saturated rings. The molecular weight excluding hydrogens is 457 g/mol. The number of aromatic nitrogens is 1. The Morgan fingerprint density at radius 1 is 1.19 bits per heavy atom. The zero-order valence-corrected chi connectivity index (χ0v) is 16.8. The quantitative estimate of drug-likeness (QED) is 0.323. The number of amides is 1. The molecule has 6 nitrogen and oxygen atoms in total. The fourth-order valence-corrected chi connectivity index (χ4v) is 2.86. The molecular formula is C20H18IN3O3. The van der Waals surface area contributed by atoms with E-state index in [-0.39, 0.29) is 12.5 Å². The highest BCUT2D eigenvalue weighted by Crippen LogP contribution is 2.19. The van der Waals surface area contributed by atoms with Crippen LogP contribution >= 0.6 is 22.6 Å². The molecule has 1 amide bonds. The van der Waals surface area contributed by atoms with Gasteiger partial charge in [0.05, 0.1) is 16.9 Å². The molecule has 0 atom stereocenters. The summed E-state index contributed by atoms with van der Waals surface area (Å²) in [4.78, 5) is 11.8. The molecule has 27 heavy (non-hydrogen) atoms. The van der Waals surface area contributed by atoms with E-state index < -0.39 is 0 Å². The third kappa shape index (κ3) is 5.33. The Labute approximate surface area is 170 Å². The number of ether oxygens (including phenoxy) is 2. The summed E-state index contributed by atoms with van der Waals surface area (Å²) in [6.45, 7) is -0.0930. The van der Waals surface area contributed by atoms with Crippen LogP contribution in [-0.4, -0.2) is 30.4 Å². The monoisotopic (exact) mass is 475 g/mol. The van der Waals surface area contributed by atoms with Crippen LogP contribution in [0.1, 0.15) is 5.56 Å². The minimum Gasteiger partial charge on any atom is -0.497 e. The lowest BCUT2D eigenvalue weighted by molar-refractivity contribution is -0.123. The Bertz CT molecular complexity index is 936. The van der Waals surface area contributed by atoms with Crippen molar-refractivity contribution < 1.29 is 14.3 Å². The van der Waals surface area contributed by atoms with Gasteiger partial charge in [-0.2, -0.15) is 5.10 Å². The van der Waals surface area contributed by atoms with Crippen molar-refractivity contribution in [3.63, 3.8) is 0 Å². The van der Waals surface area contributed by atoms with Crippen LogP contribution in [0.3, 0.4) is 0 Å². The van der Waals surface area contributed by atoms with E-state index in [2.05, 4.69) is 33.1 Å². The first-order chi connectivity index (χ1) is 13.2. The maximum absolute atomic E-state index is 11.8. The number of nitrogens with zero attached hydrogens (tertiary/aromatic N) is 2. The first-order valence-corrected chi connectivity index (χ1v) is 9.25. The minimum absolute atomic E-state index is 0.0930. The second-order valence-electron chi connectivity index (χ2n) is 5.56. The number of para-hydroxylation sites is 1. The van der Waals surface area contributed by atoms with Gasteiger partial charge in [-0.1, -0.05) is 12.1 Å². The predicted octanol–water partition coefficient (Wildman–Crippen LogP) is 3.62. The second kappa shape index (κ2) is 9.22. The molecule has 7 heteroatoms. The third-order valence-corrected chi connectivity index (χ3v) is 4.58. The summed E-state index contributed by atoms with van der Waals surface area (Å²) in [7, 11) is 1.64. The number of carbonyl (C=O) groups excluding carboxylic acids is 1. The van der Waals surface area contributed by atoms with Crippen molar-refractivity contribution in [3.05, 3.63) is 76.1 Å². The number of carbonyl (C=O) groups is 1. The number of nitrogens with one attached hydrogen (secondary N) is 1. The molecule has 1 N–H and O–H groups in total. The van der Waals surface area contributed by atoms with E-state index in [4.69, 9.17) is 9.47 Å². The maximum Gasteiger partial charge on any atom is 0.277 e. The summed E-state index contributed by atoms with van der Waals surface area (Å²) in [5.74, 6) is 1.16. The van der Waals surface area contributed by atoms with Gasteiger partial charge >= 0.3 is 0 Å². The fraction of sp³-hybridized carbons (Fsp3) is 0.100. The van der Waals surface area contributed by atoms with E-state index in [1.807, 2.05) is 71.6 Å². The number of hydrazone groups is 1. The zero-order valence-electron chi connectivity index (χ0n) is 14.6. The van der Waals surface area contributed by atoms with Gasteiger partial charge in [-0.05, 0) is 65.1 Å². The van der Waals surface area contributed by atoms with Gasteiger partial charge in [-0.25, -0.2) is 5.43 Å². The van der Waals surface area contributed by atoms with Crippen molar-refractivity contribution in [1.82, 2.24) is 9.99 Å². The van der Waals surface area contributed by atoms with Gasteiger partial charge in [-0.15, -0.1) is 0 Å². The number of benzene rings is 2. The maximum atomic E-state index is 11.8. The van der Waals surface area contributed by atoms with Crippen molar-refractivity contribution in [2.24, 2.45) is 5.10 Å². The Kier molecular flexibility index (Phi) is 6.48. The van der Waals surface area contributed by atoms with Crippen molar-refractivity contribution >= 4 is 34.7 Å². The van der Waals surface area contributed by atoms with Crippen LogP contribution in [0.15, 0.2) is 72.1 Å². The lowest BCUT2D eigenvalue weighted by Gasteiger charge is -2.06. The van der Waals surface area contributed by atoms with Gasteiger partial charge in [0, 0.05) is 23.6 Å². The van der Waals surface area contributed by atoms with Gasteiger partial charge in [0.25, 0.3) is 5.91 Å². The lowest BCUT2D eigenvalue weighted by Crippen LogP contribution is -2.24. The van der Waals surface area contributed by atoms with Gasteiger partial charge in [-0.3, -0.25) is 4.79 Å². The Balaban J connectivity index is 1.51. The number of hydrogen-bond donors (Lipinski definition) is 1. The molecule has 0 aliphatic rings. The summed E-state index contributed by atoms with van der Waals surface area (Å²) < 4.78 is 13.5. The first-order valence-electron chi connectivity index (χ1n) is 8.17. The molecule has 2 aromatic carbocycles. The molecule has 3 rings (SSSR count). The number of hydrogen-bond acceptors (Lipinski definition) is 4. The van der Waals surface area contributed by atoms with E-state index in [0.717, 1.165) is 20.6 Å². The average Bonchev–Trinajstić information content (AvgIpc) is 3.16. The molecule has 0 aliphatic heterocycles. The number of methoxy groups -OCH3 is 1. The molecule has 0 aliphatic carbocycles. The van der Waals surface area contributed by atoms with Crippen molar-refractivity contribution in [1.29, 1.82) is 0 Å². The fourth-order valence-electron chi connectivity index (χ4n) is 2.32. The van der Waals surface area contributed by atoms with Gasteiger partial charge in [0.1, 0.15) is 11.5 Å². The second-order valence-corrected chi connectivity index (χ2v) is 6.72. The Morgan fingerprint density at radius 2 is 1.96 bits per heavy atom. The molecule has 138 valence electrons. The molecule has 1 aromatic heterocycles. The molecule has 0 unspecified atom stereocenters. The molecule has 0 spiro atoms. The van der Waals surface area contributed by atoms with Crippen LogP contribution in [0.2, 0.25) is 0 Å². The SMILES string of the molecule is COc1ccc(-n2ccc(/C=N/NC(=O)COc3ccccc3I)c2)cc1. The molecule has 0 bridgehead atoms. The van der Waals surface area contributed by atoms with E-state index >= 15 is 0 Å². The predicted molar refractivity (Wildman–Crippen MR) is 113 cm³/mol. The van der Waals surface area contributed by atoms with Crippen LogP contribution in [0, 0.1) is 3.57 Å². The van der Waals surface area contributed by atoms with Crippen LogP contribution in [0.25, 0.3) is 5.69 Å². The summed E-state index contributed by atoms with van der Waals surface area (Å²) >= 11 is 2.16. The van der Waals surface area contributed by atoms with Gasteiger partial charge in [0.2, 0.25) is 0 Å². The van der Waals surface area contributed by atoms with E-state index in [1.165, 1.54) is 0 Å². The molecule has 1 heterocycles. The smallest absolute Gasteiger partial charge is 0.277 e. The summed E-state index contributed by atoms with van der Waals surface area (Å²) in [5.41, 5.74) is 4.33. The highest BCUT2D eigenvalue weighted by Gasteiger charge is 2.04. The summed E-state index contributed by atoms with van der Waals surface area (Å²) in [6.07, 6.45) is 5.43. The van der Waals surface area contributed by atoms with Gasteiger partial charge < -0.3 is 14.0 Å². The minimum atomic E-state index is -0.319. The largest absolute Gasteiger partial charge is 0.497 e. The number of halogens is 1. The van der Waals surface area contributed by atoms with Crippen LogP contribution in [-0.2, 0) is 4.79 Å². The summed E-state index contributed by atoms with van der Waals surface area (Å²) in [6, 6.07) is 17.1. The van der Waals surface area contributed by atoms with E-state index in [9.17, 15) is 4.79 Å². The highest BCUT2D eigenvalue weighted by atomic mass is 127. The highest BCUT2D eigenvalue weighted by molar-refractivity contribution is 14.1. The first kappa shape index (κ1) is 19.0. The van der Waals surface area contributed by atoms with Crippen LogP contribution in [0.5, 0.6) is 11.5 Å². The van der Waals surface area contributed by atoms with Crippen molar-refractivity contribution in [2.45, 2.75) is 0 Å². The number of rotatable bonds is 7. The third-order valence-electron chi connectivity index (χ3n) is 3.68. The molecule has 0 saturated heterocycles. The van der Waals surface area contributed by atoms with Crippen molar-refractivity contribution in [3.8, 4) is 17.2 Å². The molecule has 0 radical (unpaired) electrons. The Morgan fingerprint density at radius 3 is 2.70 bits per heavy atom. The topological polar surface area (TPSA) is 64.8 Å². The molecule has 3 aromatic rings. The normalized spacial score (nSPS) is 10.7. The average molecular weight is 475 g/mol. The molecule has 0 saturated carbocycles. The van der Waals surface area contributed by atoms with Crippen LogP contribution < -0.4 is 14.9 Å². The van der Waals surface area contributed by atoms with E-state index in [1.54, 1.807) is 13.3 Å². The van der Waals surface area contributed by atoms with Crippen LogP contribution in [0.4, 0.5) is 0 Å². The van der Waals surface area contributed by atoms with E-state index in [0.29, 0.717) is 5.75 Å². The lowest BCUT2D eigenvalue weighted by atomic mass is 10.3. The van der Waals surface area contributed by atoms with Gasteiger partial charge in [0.15, 0.2) is 6.61 Å². The zero-order chi connectivity index (χ0) is 19.1. The standard InChI is InChI=1S/C20H18IN3O3/c1-26-17-8-6-16(7-9-17)24-11-10-15(13-24)12-22-23-20(25)14-27-19-5-3-2-4-18(19)21/h2-13H,14H2,1H3,(H,23,25)/b22-12+.